The van der Waals surface area contributed by atoms with Crippen LogP contribution < -0.4 is 0 Å². The number of fused-ring (bicyclic) bond motifs is 1. The molecule has 0 bridgehead atoms. The number of pyridine rings is 1. The zero-order valence-electron chi connectivity index (χ0n) is 11.7. The van der Waals surface area contributed by atoms with Gasteiger partial charge in [0.1, 0.15) is 0 Å². The SMILES string of the molecule is Cc1ccc(-n2nc(C)c3cc(C=O)cnc32)c(C)c1. The summed E-state index contributed by atoms with van der Waals surface area (Å²) in [5.74, 6) is 0. The van der Waals surface area contributed by atoms with Crippen LogP contribution in [-0.2, 0) is 0 Å². The first kappa shape index (κ1) is 12.5. The van der Waals surface area contributed by atoms with Gasteiger partial charge >= 0.3 is 0 Å². The summed E-state index contributed by atoms with van der Waals surface area (Å²) in [7, 11) is 0. The minimum atomic E-state index is 0.570. The predicted octanol–water partition coefficient (Wildman–Crippen LogP) is 3.16. The Hall–Kier alpha value is -2.49. The average Bonchev–Trinajstić information content (AvgIpc) is 2.75. The molecule has 0 atom stereocenters. The lowest BCUT2D eigenvalue weighted by Crippen LogP contribution is -2.00. The lowest BCUT2D eigenvalue weighted by molar-refractivity contribution is 0.112. The van der Waals surface area contributed by atoms with Crippen molar-refractivity contribution in [3.05, 3.63) is 52.8 Å². The summed E-state index contributed by atoms with van der Waals surface area (Å²) in [6.07, 6.45) is 2.39. The molecular formula is C16H15N3O. The molecule has 4 nitrogen and oxygen atoms in total. The van der Waals surface area contributed by atoms with Gasteiger partial charge in [-0.25, -0.2) is 9.67 Å². The maximum atomic E-state index is 10.9. The highest BCUT2D eigenvalue weighted by Crippen LogP contribution is 2.23. The molecule has 4 heteroatoms. The number of carbonyl (C=O) groups excluding carboxylic acids is 1. The highest BCUT2D eigenvalue weighted by atomic mass is 16.1. The monoisotopic (exact) mass is 265 g/mol. The lowest BCUT2D eigenvalue weighted by atomic mass is 10.1. The van der Waals surface area contributed by atoms with E-state index in [0.717, 1.165) is 34.3 Å². The van der Waals surface area contributed by atoms with E-state index in [4.69, 9.17) is 0 Å². The number of rotatable bonds is 2. The number of aromatic nitrogens is 3. The van der Waals surface area contributed by atoms with Gasteiger partial charge in [-0.15, -0.1) is 0 Å². The van der Waals surface area contributed by atoms with Crippen LogP contribution in [0.2, 0.25) is 0 Å². The lowest BCUT2D eigenvalue weighted by Gasteiger charge is -2.07. The zero-order valence-corrected chi connectivity index (χ0v) is 11.7. The van der Waals surface area contributed by atoms with Crippen LogP contribution >= 0.6 is 0 Å². The Labute approximate surface area is 117 Å². The highest BCUT2D eigenvalue weighted by Gasteiger charge is 2.12. The molecule has 2 aromatic heterocycles. The molecule has 0 N–H and O–H groups in total. The van der Waals surface area contributed by atoms with Crippen molar-refractivity contribution in [3.63, 3.8) is 0 Å². The number of hydrogen-bond donors (Lipinski definition) is 0. The molecule has 0 aliphatic heterocycles. The van der Waals surface area contributed by atoms with E-state index in [1.807, 2.05) is 23.7 Å². The van der Waals surface area contributed by atoms with Crippen molar-refractivity contribution in [2.75, 3.05) is 0 Å². The molecule has 0 amide bonds. The first-order valence-corrected chi connectivity index (χ1v) is 6.48. The van der Waals surface area contributed by atoms with Gasteiger partial charge in [0.2, 0.25) is 0 Å². The van der Waals surface area contributed by atoms with E-state index in [0.29, 0.717) is 5.56 Å². The molecular weight excluding hydrogens is 250 g/mol. The molecule has 0 saturated carbocycles. The summed E-state index contributed by atoms with van der Waals surface area (Å²) in [4.78, 5) is 15.2. The first-order valence-electron chi connectivity index (χ1n) is 6.48. The van der Waals surface area contributed by atoms with Crippen LogP contribution in [0, 0.1) is 20.8 Å². The molecule has 0 unspecified atom stereocenters. The van der Waals surface area contributed by atoms with Crippen LogP contribution in [0.4, 0.5) is 0 Å². The smallest absolute Gasteiger partial charge is 0.163 e. The van der Waals surface area contributed by atoms with Gasteiger partial charge in [0.15, 0.2) is 11.9 Å². The van der Waals surface area contributed by atoms with E-state index in [1.54, 1.807) is 6.20 Å². The molecule has 0 aliphatic carbocycles. The Morgan fingerprint density at radius 1 is 1.15 bits per heavy atom. The maximum absolute atomic E-state index is 10.9. The molecule has 0 fully saturated rings. The van der Waals surface area contributed by atoms with Gasteiger partial charge in [-0.1, -0.05) is 17.7 Å². The zero-order chi connectivity index (χ0) is 14.3. The van der Waals surface area contributed by atoms with Gasteiger partial charge < -0.3 is 0 Å². The summed E-state index contributed by atoms with van der Waals surface area (Å²) >= 11 is 0. The van der Waals surface area contributed by atoms with Crippen LogP contribution in [0.1, 0.15) is 27.2 Å². The van der Waals surface area contributed by atoms with Gasteiger partial charge in [0.25, 0.3) is 0 Å². The van der Waals surface area contributed by atoms with Crippen LogP contribution in [0.15, 0.2) is 30.5 Å². The van der Waals surface area contributed by atoms with E-state index >= 15 is 0 Å². The summed E-state index contributed by atoms with van der Waals surface area (Å²) < 4.78 is 1.84. The second-order valence-corrected chi connectivity index (χ2v) is 5.04. The van der Waals surface area contributed by atoms with E-state index in [1.165, 1.54) is 5.56 Å². The second kappa shape index (κ2) is 4.56. The number of aryl methyl sites for hydroxylation is 3. The highest BCUT2D eigenvalue weighted by molar-refractivity contribution is 5.86. The quantitative estimate of drug-likeness (QED) is 0.669. The number of aldehydes is 1. The third-order valence-corrected chi connectivity index (χ3v) is 3.44. The molecule has 0 spiro atoms. The first-order chi connectivity index (χ1) is 9.60. The van der Waals surface area contributed by atoms with E-state index in [9.17, 15) is 4.79 Å². The van der Waals surface area contributed by atoms with Crippen molar-refractivity contribution < 1.29 is 4.79 Å². The Morgan fingerprint density at radius 3 is 2.65 bits per heavy atom. The molecule has 1 aromatic carbocycles. The average molecular weight is 265 g/mol. The maximum Gasteiger partial charge on any atom is 0.163 e. The van der Waals surface area contributed by atoms with E-state index < -0.39 is 0 Å². The van der Waals surface area contributed by atoms with Crippen molar-refractivity contribution >= 4 is 17.3 Å². The normalized spacial score (nSPS) is 10.9. The van der Waals surface area contributed by atoms with Crippen LogP contribution in [0.3, 0.4) is 0 Å². The van der Waals surface area contributed by atoms with Crippen LogP contribution in [0.5, 0.6) is 0 Å². The van der Waals surface area contributed by atoms with Gasteiger partial charge in [-0.2, -0.15) is 5.10 Å². The van der Waals surface area contributed by atoms with Crippen molar-refractivity contribution in [1.29, 1.82) is 0 Å². The summed E-state index contributed by atoms with van der Waals surface area (Å²) in [6.45, 7) is 6.06. The molecule has 3 aromatic rings. The number of nitrogens with zero attached hydrogens (tertiary/aromatic N) is 3. The molecule has 0 saturated heterocycles. The topological polar surface area (TPSA) is 47.8 Å². The summed E-state index contributed by atoms with van der Waals surface area (Å²) in [5, 5.41) is 5.48. The van der Waals surface area contributed by atoms with E-state index in [-0.39, 0.29) is 0 Å². The Bertz CT molecular complexity index is 818. The van der Waals surface area contributed by atoms with Gasteiger partial charge in [0.05, 0.1) is 11.4 Å². The third kappa shape index (κ3) is 1.90. The van der Waals surface area contributed by atoms with Crippen molar-refractivity contribution in [1.82, 2.24) is 14.8 Å². The Morgan fingerprint density at radius 2 is 1.95 bits per heavy atom. The second-order valence-electron chi connectivity index (χ2n) is 5.04. The van der Waals surface area contributed by atoms with Crippen LogP contribution in [0.25, 0.3) is 16.7 Å². The van der Waals surface area contributed by atoms with Gasteiger partial charge in [-0.3, -0.25) is 4.79 Å². The minimum absolute atomic E-state index is 0.570. The molecule has 2 heterocycles. The Balaban J connectivity index is 2.29. The fourth-order valence-electron chi connectivity index (χ4n) is 2.44. The molecule has 100 valence electrons. The largest absolute Gasteiger partial charge is 0.298 e. The van der Waals surface area contributed by atoms with Crippen molar-refractivity contribution in [2.24, 2.45) is 0 Å². The number of benzene rings is 1. The van der Waals surface area contributed by atoms with Gasteiger partial charge in [-0.05, 0) is 38.5 Å². The van der Waals surface area contributed by atoms with Crippen molar-refractivity contribution in [3.8, 4) is 5.69 Å². The van der Waals surface area contributed by atoms with E-state index in [2.05, 4.69) is 36.1 Å². The third-order valence-electron chi connectivity index (χ3n) is 3.44. The van der Waals surface area contributed by atoms with Gasteiger partial charge in [0, 0.05) is 17.1 Å². The number of carbonyl (C=O) groups is 1. The molecule has 3 rings (SSSR count). The summed E-state index contributed by atoms with van der Waals surface area (Å²) in [5.41, 5.74) is 5.60. The number of hydrogen-bond acceptors (Lipinski definition) is 3. The van der Waals surface area contributed by atoms with Crippen molar-refractivity contribution in [2.45, 2.75) is 20.8 Å². The predicted molar refractivity (Wildman–Crippen MR) is 78.5 cm³/mol. The molecule has 0 radical (unpaired) electrons. The van der Waals surface area contributed by atoms with Crippen LogP contribution in [-0.4, -0.2) is 21.1 Å². The Kier molecular flexibility index (Phi) is 2.86. The fourth-order valence-corrected chi connectivity index (χ4v) is 2.44. The fraction of sp³-hybridized carbons (Fsp3) is 0.188. The molecule has 20 heavy (non-hydrogen) atoms. The standard InChI is InChI=1S/C16H15N3O/c1-10-4-5-15(11(2)6-10)19-16-14(12(3)18-19)7-13(9-20)8-17-16/h4-9H,1-3H3. The summed E-state index contributed by atoms with van der Waals surface area (Å²) in [6, 6.07) is 8.06. The molecule has 0 aliphatic rings. The minimum Gasteiger partial charge on any atom is -0.298 e.